The Hall–Kier alpha value is -1.43. The van der Waals surface area contributed by atoms with Gasteiger partial charge in [-0.05, 0) is 19.3 Å². The first kappa shape index (κ1) is 13.5. The summed E-state index contributed by atoms with van der Waals surface area (Å²) in [7, 11) is 0. The van der Waals surface area contributed by atoms with Crippen LogP contribution in [0.15, 0.2) is 6.20 Å². The predicted molar refractivity (Wildman–Crippen MR) is 75.5 cm³/mol. The molecule has 2 fully saturated rings. The summed E-state index contributed by atoms with van der Waals surface area (Å²) in [6.07, 6.45) is 7.49. The number of likely N-dealkylation sites (tertiary alicyclic amines) is 1. The Morgan fingerprint density at radius 2 is 2.25 bits per heavy atom. The van der Waals surface area contributed by atoms with Gasteiger partial charge in [-0.3, -0.25) is 4.79 Å². The third-order valence-corrected chi connectivity index (χ3v) is 4.47. The average molecular weight is 277 g/mol. The summed E-state index contributed by atoms with van der Waals surface area (Å²) in [5.74, 6) is 0.0530. The number of aromatic nitrogens is 3. The van der Waals surface area contributed by atoms with Gasteiger partial charge in [-0.25, -0.2) is 4.68 Å². The maximum atomic E-state index is 12.7. The van der Waals surface area contributed by atoms with Gasteiger partial charge < -0.3 is 10.2 Å². The lowest BCUT2D eigenvalue weighted by atomic mass is 10.1. The fraction of sp³-hybridized carbons (Fsp3) is 0.786. The third kappa shape index (κ3) is 2.57. The van der Waals surface area contributed by atoms with E-state index >= 15 is 0 Å². The van der Waals surface area contributed by atoms with Crippen molar-refractivity contribution in [2.45, 2.75) is 51.1 Å². The first-order chi connectivity index (χ1) is 9.79. The van der Waals surface area contributed by atoms with Crippen molar-refractivity contribution in [1.29, 1.82) is 0 Å². The summed E-state index contributed by atoms with van der Waals surface area (Å²) >= 11 is 0. The van der Waals surface area contributed by atoms with Crippen LogP contribution in [0, 0.1) is 0 Å². The van der Waals surface area contributed by atoms with Crippen molar-refractivity contribution in [3.63, 3.8) is 0 Å². The van der Waals surface area contributed by atoms with Crippen LogP contribution >= 0.6 is 0 Å². The maximum Gasteiger partial charge on any atom is 0.276 e. The molecular weight excluding hydrogens is 254 g/mol. The number of carbonyl (C=O) groups is 1. The van der Waals surface area contributed by atoms with Gasteiger partial charge in [-0.2, -0.15) is 0 Å². The lowest BCUT2D eigenvalue weighted by Gasteiger charge is -2.28. The second-order valence-electron chi connectivity index (χ2n) is 5.81. The second-order valence-corrected chi connectivity index (χ2v) is 5.81. The summed E-state index contributed by atoms with van der Waals surface area (Å²) in [6, 6.07) is 0.718. The summed E-state index contributed by atoms with van der Waals surface area (Å²) in [4.78, 5) is 14.7. The van der Waals surface area contributed by atoms with Crippen LogP contribution < -0.4 is 5.32 Å². The molecule has 0 aliphatic carbocycles. The van der Waals surface area contributed by atoms with Gasteiger partial charge in [0.25, 0.3) is 5.91 Å². The molecule has 2 saturated heterocycles. The molecule has 110 valence electrons. The molecule has 3 rings (SSSR count). The molecule has 2 aliphatic rings. The van der Waals surface area contributed by atoms with Gasteiger partial charge in [0.15, 0.2) is 5.69 Å². The van der Waals surface area contributed by atoms with E-state index in [0.717, 1.165) is 38.9 Å². The van der Waals surface area contributed by atoms with Gasteiger partial charge >= 0.3 is 0 Å². The number of carbonyl (C=O) groups excluding carboxylic acids is 1. The van der Waals surface area contributed by atoms with Crippen molar-refractivity contribution in [1.82, 2.24) is 25.2 Å². The summed E-state index contributed by atoms with van der Waals surface area (Å²) in [5, 5.41) is 11.4. The minimum absolute atomic E-state index is 0.0530. The van der Waals surface area contributed by atoms with Crippen molar-refractivity contribution in [2.24, 2.45) is 0 Å². The average Bonchev–Trinajstić information content (AvgIpc) is 2.73. The van der Waals surface area contributed by atoms with Crippen LogP contribution in [0.5, 0.6) is 0 Å². The molecule has 1 aromatic rings. The number of nitrogens with one attached hydrogen (secondary N) is 1. The van der Waals surface area contributed by atoms with Crippen LogP contribution in [0.1, 0.15) is 55.6 Å². The number of amides is 1. The molecule has 1 amide bonds. The topological polar surface area (TPSA) is 63.1 Å². The number of hydrogen-bond donors (Lipinski definition) is 1. The number of hydrogen-bond acceptors (Lipinski definition) is 4. The van der Waals surface area contributed by atoms with Gasteiger partial charge in [0, 0.05) is 25.7 Å². The zero-order chi connectivity index (χ0) is 13.9. The van der Waals surface area contributed by atoms with Crippen molar-refractivity contribution < 1.29 is 4.79 Å². The Morgan fingerprint density at radius 1 is 1.40 bits per heavy atom. The molecule has 6 heteroatoms. The Morgan fingerprint density at radius 3 is 2.95 bits per heavy atom. The SMILES string of the molecule is CCC1CCCCCN1C(=O)c1cn(C2CNC2)nn1. The largest absolute Gasteiger partial charge is 0.334 e. The lowest BCUT2D eigenvalue weighted by molar-refractivity contribution is 0.0672. The molecule has 6 nitrogen and oxygen atoms in total. The lowest BCUT2D eigenvalue weighted by Crippen LogP contribution is -2.43. The molecule has 20 heavy (non-hydrogen) atoms. The molecule has 1 atom stereocenters. The van der Waals surface area contributed by atoms with E-state index in [0.29, 0.717) is 17.8 Å². The smallest absolute Gasteiger partial charge is 0.276 e. The Kier molecular flexibility index (Phi) is 4.00. The van der Waals surface area contributed by atoms with Gasteiger partial charge in [0.2, 0.25) is 0 Å². The van der Waals surface area contributed by atoms with Crippen LogP contribution in [-0.2, 0) is 0 Å². The van der Waals surface area contributed by atoms with Gasteiger partial charge in [-0.1, -0.05) is 25.0 Å². The quantitative estimate of drug-likeness (QED) is 0.902. The summed E-state index contributed by atoms with van der Waals surface area (Å²) in [5.41, 5.74) is 0.497. The zero-order valence-electron chi connectivity index (χ0n) is 12.1. The molecule has 1 N–H and O–H groups in total. The zero-order valence-corrected chi connectivity index (χ0v) is 12.1. The van der Waals surface area contributed by atoms with Crippen LogP contribution in [0.3, 0.4) is 0 Å². The minimum atomic E-state index is 0.0530. The van der Waals surface area contributed by atoms with Gasteiger partial charge in [0.05, 0.1) is 12.2 Å². The molecule has 1 unspecified atom stereocenters. The number of nitrogens with zero attached hydrogens (tertiary/aromatic N) is 4. The molecule has 0 spiro atoms. The van der Waals surface area contributed by atoms with E-state index in [2.05, 4.69) is 22.6 Å². The molecule has 3 heterocycles. The molecular formula is C14H23N5O. The first-order valence-corrected chi connectivity index (χ1v) is 7.73. The first-order valence-electron chi connectivity index (χ1n) is 7.73. The second kappa shape index (κ2) is 5.91. The van der Waals surface area contributed by atoms with E-state index in [1.807, 2.05) is 15.8 Å². The minimum Gasteiger partial charge on any atom is -0.334 e. The van der Waals surface area contributed by atoms with Gasteiger partial charge in [0.1, 0.15) is 0 Å². The fourth-order valence-corrected chi connectivity index (χ4v) is 3.03. The molecule has 0 radical (unpaired) electrons. The van der Waals surface area contributed by atoms with Crippen molar-refractivity contribution >= 4 is 5.91 Å². The van der Waals surface area contributed by atoms with E-state index in [4.69, 9.17) is 0 Å². The Labute approximate surface area is 119 Å². The third-order valence-electron chi connectivity index (χ3n) is 4.47. The monoisotopic (exact) mass is 277 g/mol. The van der Waals surface area contributed by atoms with Crippen molar-refractivity contribution in [3.8, 4) is 0 Å². The highest BCUT2D eigenvalue weighted by atomic mass is 16.2. The van der Waals surface area contributed by atoms with Crippen LogP contribution in [0.4, 0.5) is 0 Å². The Balaban J connectivity index is 1.74. The van der Waals surface area contributed by atoms with Crippen molar-refractivity contribution in [2.75, 3.05) is 19.6 Å². The molecule has 0 saturated carbocycles. The highest BCUT2D eigenvalue weighted by Gasteiger charge is 2.28. The van der Waals surface area contributed by atoms with E-state index < -0.39 is 0 Å². The molecule has 0 bridgehead atoms. The van der Waals surface area contributed by atoms with Crippen molar-refractivity contribution in [3.05, 3.63) is 11.9 Å². The Bertz CT molecular complexity index is 468. The molecule has 0 aromatic carbocycles. The maximum absolute atomic E-state index is 12.7. The van der Waals surface area contributed by atoms with Crippen LogP contribution in [0.25, 0.3) is 0 Å². The van der Waals surface area contributed by atoms with Crippen LogP contribution in [-0.4, -0.2) is 51.5 Å². The fourth-order valence-electron chi connectivity index (χ4n) is 3.03. The highest BCUT2D eigenvalue weighted by molar-refractivity contribution is 5.92. The van der Waals surface area contributed by atoms with E-state index in [-0.39, 0.29) is 5.91 Å². The van der Waals surface area contributed by atoms with Crippen LogP contribution in [0.2, 0.25) is 0 Å². The van der Waals surface area contributed by atoms with E-state index in [1.54, 1.807) is 0 Å². The standard InChI is InChI=1S/C14H23N5O/c1-2-11-6-4-3-5-7-18(11)14(20)13-10-19(17-16-13)12-8-15-9-12/h10-12,15H,2-9H2,1H3. The summed E-state index contributed by atoms with van der Waals surface area (Å²) < 4.78 is 1.82. The number of rotatable bonds is 3. The van der Waals surface area contributed by atoms with Gasteiger partial charge in [-0.15, -0.1) is 5.10 Å². The summed E-state index contributed by atoms with van der Waals surface area (Å²) in [6.45, 7) is 4.85. The molecule has 2 aliphatic heterocycles. The highest BCUT2D eigenvalue weighted by Crippen LogP contribution is 2.21. The normalized spacial score (nSPS) is 24.2. The predicted octanol–water partition coefficient (Wildman–Crippen LogP) is 1.22. The van der Waals surface area contributed by atoms with E-state index in [9.17, 15) is 4.79 Å². The van der Waals surface area contributed by atoms with E-state index in [1.165, 1.54) is 12.8 Å². The molecule has 1 aromatic heterocycles.